The highest BCUT2D eigenvalue weighted by Gasteiger charge is 2.34. The number of rotatable bonds is 5. The van der Waals surface area contributed by atoms with Gasteiger partial charge in [0, 0.05) is 65.1 Å². The first-order valence-corrected chi connectivity index (χ1v) is 10.8. The van der Waals surface area contributed by atoms with Crippen molar-refractivity contribution in [1.29, 1.82) is 0 Å². The van der Waals surface area contributed by atoms with Gasteiger partial charge < -0.3 is 19.3 Å². The summed E-state index contributed by atoms with van der Waals surface area (Å²) in [6.45, 7) is 6.13. The lowest BCUT2D eigenvalue weighted by molar-refractivity contribution is -0.138. The minimum absolute atomic E-state index is 0.00937. The summed E-state index contributed by atoms with van der Waals surface area (Å²) in [4.78, 5) is 35.3. The van der Waals surface area contributed by atoms with Crippen LogP contribution < -0.4 is 0 Å². The van der Waals surface area contributed by atoms with Crippen LogP contribution in [0, 0.1) is 5.92 Å². The van der Waals surface area contributed by atoms with Crippen LogP contribution in [0.5, 0.6) is 0 Å². The fourth-order valence-electron chi connectivity index (χ4n) is 4.45. The summed E-state index contributed by atoms with van der Waals surface area (Å²) in [5, 5.41) is 0. The maximum Gasteiger partial charge on any atom is 0.319 e. The molecule has 1 aromatic heterocycles. The second kappa shape index (κ2) is 9.43. The van der Waals surface area contributed by atoms with E-state index in [1.165, 1.54) is 18.7 Å². The second-order valence-corrected chi connectivity index (χ2v) is 8.39. The van der Waals surface area contributed by atoms with Crippen molar-refractivity contribution < 1.29 is 9.59 Å². The van der Waals surface area contributed by atoms with Crippen molar-refractivity contribution >= 4 is 11.9 Å². The van der Waals surface area contributed by atoms with E-state index in [0.29, 0.717) is 12.5 Å². The van der Waals surface area contributed by atoms with Gasteiger partial charge in [0.1, 0.15) is 5.82 Å². The monoisotopic (exact) mass is 389 g/mol. The minimum atomic E-state index is -0.0549. The molecule has 0 aliphatic carbocycles. The molecule has 7 nitrogen and oxygen atoms in total. The maximum atomic E-state index is 13.0. The van der Waals surface area contributed by atoms with Crippen LogP contribution in [0.4, 0.5) is 4.79 Å². The predicted molar refractivity (Wildman–Crippen MR) is 109 cm³/mol. The highest BCUT2D eigenvalue weighted by atomic mass is 16.2. The molecule has 3 rings (SSSR count). The molecule has 0 aromatic carbocycles. The molecule has 156 valence electrons. The van der Waals surface area contributed by atoms with E-state index in [0.717, 1.165) is 51.9 Å². The van der Waals surface area contributed by atoms with Crippen molar-refractivity contribution in [3.8, 4) is 0 Å². The highest BCUT2D eigenvalue weighted by Crippen LogP contribution is 2.29. The smallest absolute Gasteiger partial charge is 0.319 e. The topological polar surface area (TPSA) is 61.7 Å². The van der Waals surface area contributed by atoms with E-state index in [1.54, 1.807) is 19.0 Å². The van der Waals surface area contributed by atoms with Gasteiger partial charge in [-0.25, -0.2) is 9.78 Å². The molecule has 2 aliphatic rings. The number of likely N-dealkylation sites (tertiary alicyclic amines) is 2. The fraction of sp³-hybridized carbons (Fsp3) is 0.762. The second-order valence-electron chi connectivity index (χ2n) is 8.39. The summed E-state index contributed by atoms with van der Waals surface area (Å²) in [7, 11) is 3.53. The quantitative estimate of drug-likeness (QED) is 0.778. The van der Waals surface area contributed by atoms with Gasteiger partial charge in [0.25, 0.3) is 0 Å². The van der Waals surface area contributed by atoms with Gasteiger partial charge in [-0.3, -0.25) is 4.79 Å². The molecule has 3 amide bonds. The Balaban J connectivity index is 1.54. The zero-order chi connectivity index (χ0) is 20.1. The van der Waals surface area contributed by atoms with E-state index in [-0.39, 0.29) is 17.9 Å². The van der Waals surface area contributed by atoms with Crippen molar-refractivity contribution in [2.45, 2.75) is 57.9 Å². The molecule has 2 saturated heterocycles. The lowest BCUT2D eigenvalue weighted by atomic mass is 9.92. The number of hydrogen-bond acceptors (Lipinski definition) is 3. The Morgan fingerprint density at radius 3 is 2.57 bits per heavy atom. The van der Waals surface area contributed by atoms with Crippen LogP contribution >= 0.6 is 0 Å². The Morgan fingerprint density at radius 2 is 1.89 bits per heavy atom. The van der Waals surface area contributed by atoms with Crippen molar-refractivity contribution in [2.75, 3.05) is 40.3 Å². The van der Waals surface area contributed by atoms with Gasteiger partial charge in [-0.05, 0) is 32.1 Å². The van der Waals surface area contributed by atoms with Crippen LogP contribution in [0.3, 0.4) is 0 Å². The average Bonchev–Trinajstić information content (AvgIpc) is 3.19. The zero-order valence-electron chi connectivity index (χ0n) is 17.6. The van der Waals surface area contributed by atoms with Crippen LogP contribution in [0.1, 0.15) is 57.2 Å². The minimum Gasteiger partial charge on any atom is -0.342 e. The lowest BCUT2D eigenvalue weighted by Gasteiger charge is -2.38. The molecule has 3 heterocycles. The fourth-order valence-corrected chi connectivity index (χ4v) is 4.45. The van der Waals surface area contributed by atoms with Crippen LogP contribution in [0.15, 0.2) is 12.4 Å². The summed E-state index contributed by atoms with van der Waals surface area (Å²) in [5.74, 6) is 1.79. The Hall–Kier alpha value is -2.05. The van der Waals surface area contributed by atoms with Gasteiger partial charge >= 0.3 is 6.03 Å². The number of nitrogens with zero attached hydrogens (tertiary/aromatic N) is 5. The average molecular weight is 390 g/mol. The molecule has 0 radical (unpaired) electrons. The first-order valence-electron chi connectivity index (χ1n) is 10.8. The molecule has 7 heteroatoms. The van der Waals surface area contributed by atoms with Crippen molar-refractivity contribution in [2.24, 2.45) is 5.92 Å². The SMILES string of the molecule is CCCCn1ccnc1C1CCN(C(=O)[C@H]2CCCN(C(=O)N(C)C)C2)CC1. The van der Waals surface area contributed by atoms with Crippen LogP contribution in [0.25, 0.3) is 0 Å². The Kier molecular flexibility index (Phi) is 6.97. The summed E-state index contributed by atoms with van der Waals surface area (Å²) in [6.07, 6.45) is 10.1. The normalized spacial score (nSPS) is 21.0. The standard InChI is InChI=1S/C21H35N5O2/c1-4-5-11-24-15-10-22-19(24)17-8-13-25(14-9-17)20(27)18-7-6-12-26(16-18)21(28)23(2)3/h10,15,17-18H,4-9,11-14,16H2,1-3H3/t18-/m0/s1. The number of piperidine rings is 2. The number of imidazole rings is 1. The number of carbonyl (C=O) groups excluding carboxylic acids is 2. The number of carbonyl (C=O) groups is 2. The number of hydrogen-bond donors (Lipinski definition) is 0. The number of urea groups is 1. The van der Waals surface area contributed by atoms with Gasteiger partial charge in [0.05, 0.1) is 5.92 Å². The van der Waals surface area contributed by atoms with E-state index in [2.05, 4.69) is 22.7 Å². The van der Waals surface area contributed by atoms with Crippen LogP contribution in [-0.2, 0) is 11.3 Å². The van der Waals surface area contributed by atoms with Crippen molar-refractivity contribution in [3.05, 3.63) is 18.2 Å². The number of amides is 3. The van der Waals surface area contributed by atoms with Crippen LogP contribution in [-0.4, -0.2) is 76.5 Å². The van der Waals surface area contributed by atoms with Gasteiger partial charge in [0.2, 0.25) is 5.91 Å². The molecule has 28 heavy (non-hydrogen) atoms. The van der Waals surface area contributed by atoms with Gasteiger partial charge in [-0.2, -0.15) is 0 Å². The van der Waals surface area contributed by atoms with E-state index in [1.807, 2.05) is 16.0 Å². The predicted octanol–water partition coefficient (Wildman–Crippen LogP) is 2.78. The van der Waals surface area contributed by atoms with Crippen molar-refractivity contribution in [3.63, 3.8) is 0 Å². The molecule has 0 N–H and O–H groups in total. The molecular weight excluding hydrogens is 354 g/mol. The third-order valence-electron chi connectivity index (χ3n) is 6.10. The maximum absolute atomic E-state index is 13.0. The molecule has 1 aromatic rings. The summed E-state index contributed by atoms with van der Waals surface area (Å²) < 4.78 is 2.29. The Labute approximate surface area is 168 Å². The molecule has 0 spiro atoms. The largest absolute Gasteiger partial charge is 0.342 e. The molecular formula is C21H35N5O2. The van der Waals surface area contributed by atoms with E-state index in [4.69, 9.17) is 0 Å². The third-order valence-corrected chi connectivity index (χ3v) is 6.10. The van der Waals surface area contributed by atoms with Crippen molar-refractivity contribution in [1.82, 2.24) is 24.3 Å². The molecule has 2 fully saturated rings. The number of aromatic nitrogens is 2. The lowest BCUT2D eigenvalue weighted by Crippen LogP contribution is -2.50. The van der Waals surface area contributed by atoms with E-state index >= 15 is 0 Å². The molecule has 0 saturated carbocycles. The summed E-state index contributed by atoms with van der Waals surface area (Å²) >= 11 is 0. The Bertz CT molecular complexity index is 664. The Morgan fingerprint density at radius 1 is 1.14 bits per heavy atom. The first-order chi connectivity index (χ1) is 13.5. The third kappa shape index (κ3) is 4.67. The van der Waals surface area contributed by atoms with Gasteiger partial charge in [-0.1, -0.05) is 13.3 Å². The van der Waals surface area contributed by atoms with Gasteiger partial charge in [0.15, 0.2) is 0 Å². The number of unbranched alkanes of at least 4 members (excludes halogenated alkanes) is 1. The number of aryl methyl sites for hydroxylation is 1. The molecule has 0 unspecified atom stereocenters. The van der Waals surface area contributed by atoms with E-state index < -0.39 is 0 Å². The molecule has 2 aliphatic heterocycles. The van der Waals surface area contributed by atoms with E-state index in [9.17, 15) is 9.59 Å². The highest BCUT2D eigenvalue weighted by molar-refractivity contribution is 5.81. The molecule has 0 bridgehead atoms. The molecule has 1 atom stereocenters. The summed E-state index contributed by atoms with van der Waals surface area (Å²) in [5.41, 5.74) is 0. The van der Waals surface area contributed by atoms with Crippen LogP contribution in [0.2, 0.25) is 0 Å². The first kappa shape index (κ1) is 20.7. The van der Waals surface area contributed by atoms with Gasteiger partial charge in [-0.15, -0.1) is 0 Å². The zero-order valence-corrected chi connectivity index (χ0v) is 17.6. The summed E-state index contributed by atoms with van der Waals surface area (Å²) in [6, 6.07) is 0.00937.